The van der Waals surface area contributed by atoms with E-state index in [1.807, 2.05) is 31.2 Å². The van der Waals surface area contributed by atoms with Crippen molar-refractivity contribution < 1.29 is 9.59 Å². The first-order valence-electron chi connectivity index (χ1n) is 12.2. The topological polar surface area (TPSA) is 64.7 Å². The zero-order valence-electron chi connectivity index (χ0n) is 20.1. The van der Waals surface area contributed by atoms with Gasteiger partial charge in [-0.25, -0.2) is 0 Å². The van der Waals surface area contributed by atoms with Gasteiger partial charge >= 0.3 is 0 Å². The molecule has 2 aliphatic rings. The van der Waals surface area contributed by atoms with Crippen LogP contribution in [-0.4, -0.2) is 42.9 Å². The van der Waals surface area contributed by atoms with Gasteiger partial charge in [-0.05, 0) is 74.1 Å². The second kappa shape index (κ2) is 10.3. The van der Waals surface area contributed by atoms with Crippen LogP contribution in [0.4, 0.5) is 17.1 Å². The quantitative estimate of drug-likeness (QED) is 0.656. The first-order valence-corrected chi connectivity index (χ1v) is 12.2. The van der Waals surface area contributed by atoms with Crippen LogP contribution in [0.15, 0.2) is 42.5 Å². The molecule has 2 N–H and O–H groups in total. The van der Waals surface area contributed by atoms with Crippen LogP contribution in [0.25, 0.3) is 0 Å². The van der Waals surface area contributed by atoms with Crippen molar-refractivity contribution in [2.24, 2.45) is 11.8 Å². The molecule has 176 valence electrons. The summed E-state index contributed by atoms with van der Waals surface area (Å²) in [6.07, 6.45) is 2.85. The number of anilines is 3. The molecular weight excluding hydrogens is 412 g/mol. The van der Waals surface area contributed by atoms with E-state index in [1.165, 1.54) is 24.1 Å². The molecule has 6 heteroatoms. The standard InChI is InChI=1S/C27H36N4O2/c1-4-30-18-22(16-26(30)32)27(33)28-17-21-5-7-23(8-6-21)29-25-10-9-24(15-20(25)3)31-13-11-19(2)12-14-31/h5-10,15,19,22,29H,4,11-14,16-18H2,1-3H3,(H,28,33). The number of nitrogens with zero attached hydrogens (tertiary/aromatic N) is 2. The monoisotopic (exact) mass is 448 g/mol. The summed E-state index contributed by atoms with van der Waals surface area (Å²) < 4.78 is 0. The van der Waals surface area contributed by atoms with Gasteiger partial charge in [-0.3, -0.25) is 9.59 Å². The van der Waals surface area contributed by atoms with Gasteiger partial charge in [0.1, 0.15) is 0 Å². The van der Waals surface area contributed by atoms with Gasteiger partial charge in [-0.15, -0.1) is 0 Å². The molecule has 2 saturated heterocycles. The molecule has 1 unspecified atom stereocenters. The summed E-state index contributed by atoms with van der Waals surface area (Å²) in [4.78, 5) is 28.5. The fraction of sp³-hybridized carbons (Fsp3) is 0.481. The molecule has 2 amide bonds. The van der Waals surface area contributed by atoms with E-state index in [4.69, 9.17) is 0 Å². The molecule has 0 bridgehead atoms. The largest absolute Gasteiger partial charge is 0.372 e. The lowest BCUT2D eigenvalue weighted by Crippen LogP contribution is -2.32. The van der Waals surface area contributed by atoms with Crippen molar-refractivity contribution in [3.05, 3.63) is 53.6 Å². The van der Waals surface area contributed by atoms with Crippen molar-refractivity contribution in [1.82, 2.24) is 10.2 Å². The molecule has 0 spiro atoms. The minimum absolute atomic E-state index is 0.0413. The Morgan fingerprint density at radius 3 is 2.45 bits per heavy atom. The lowest BCUT2D eigenvalue weighted by Gasteiger charge is -2.32. The van der Waals surface area contributed by atoms with Crippen LogP contribution >= 0.6 is 0 Å². The lowest BCUT2D eigenvalue weighted by atomic mass is 9.98. The predicted octanol–water partition coefficient (Wildman–Crippen LogP) is 4.46. The molecule has 0 aliphatic carbocycles. The molecule has 2 aromatic carbocycles. The Balaban J connectivity index is 1.29. The van der Waals surface area contributed by atoms with Crippen LogP contribution in [0.5, 0.6) is 0 Å². The summed E-state index contributed by atoms with van der Waals surface area (Å²) in [6, 6.07) is 14.8. The van der Waals surface area contributed by atoms with Crippen molar-refractivity contribution in [3.63, 3.8) is 0 Å². The minimum Gasteiger partial charge on any atom is -0.372 e. The lowest BCUT2D eigenvalue weighted by molar-refractivity contribution is -0.128. The van der Waals surface area contributed by atoms with E-state index < -0.39 is 0 Å². The summed E-state index contributed by atoms with van der Waals surface area (Å²) in [7, 11) is 0. The first kappa shape index (κ1) is 23.1. The Labute approximate surface area is 197 Å². The van der Waals surface area contributed by atoms with Crippen molar-refractivity contribution >= 4 is 28.9 Å². The summed E-state index contributed by atoms with van der Waals surface area (Å²) in [5, 5.41) is 6.50. The minimum atomic E-state index is -0.238. The van der Waals surface area contributed by atoms with Crippen molar-refractivity contribution in [2.45, 2.75) is 46.6 Å². The highest BCUT2D eigenvalue weighted by Gasteiger charge is 2.33. The third-order valence-electron chi connectivity index (χ3n) is 7.03. The summed E-state index contributed by atoms with van der Waals surface area (Å²) in [6.45, 7) is 10.4. The van der Waals surface area contributed by atoms with Crippen LogP contribution in [0, 0.1) is 18.8 Å². The number of nitrogens with one attached hydrogen (secondary N) is 2. The summed E-state index contributed by atoms with van der Waals surface area (Å²) >= 11 is 0. The smallest absolute Gasteiger partial charge is 0.225 e. The van der Waals surface area contributed by atoms with E-state index in [1.54, 1.807) is 4.90 Å². The van der Waals surface area contributed by atoms with E-state index in [-0.39, 0.29) is 17.7 Å². The average Bonchev–Trinajstić information content (AvgIpc) is 3.21. The van der Waals surface area contributed by atoms with Crippen LogP contribution in [-0.2, 0) is 16.1 Å². The number of piperidine rings is 1. The zero-order chi connectivity index (χ0) is 23.4. The molecule has 2 fully saturated rings. The van der Waals surface area contributed by atoms with Gasteiger partial charge in [0.2, 0.25) is 11.8 Å². The maximum atomic E-state index is 12.4. The third-order valence-corrected chi connectivity index (χ3v) is 7.03. The normalized spacial score (nSPS) is 19.1. The molecule has 4 rings (SSSR count). The first-order chi connectivity index (χ1) is 15.9. The van der Waals surface area contributed by atoms with Crippen molar-refractivity contribution in [1.29, 1.82) is 0 Å². The van der Waals surface area contributed by atoms with Crippen LogP contribution in [0.2, 0.25) is 0 Å². The number of amides is 2. The average molecular weight is 449 g/mol. The Kier molecular flexibility index (Phi) is 7.21. The number of aryl methyl sites for hydroxylation is 1. The van der Waals surface area contributed by atoms with E-state index in [9.17, 15) is 9.59 Å². The number of likely N-dealkylation sites (tertiary alicyclic amines) is 1. The Bertz CT molecular complexity index is 980. The highest BCUT2D eigenvalue weighted by Crippen LogP contribution is 2.28. The van der Waals surface area contributed by atoms with E-state index in [0.29, 0.717) is 26.1 Å². The van der Waals surface area contributed by atoms with Crippen LogP contribution < -0.4 is 15.5 Å². The van der Waals surface area contributed by atoms with Gasteiger partial charge in [0.05, 0.1) is 5.92 Å². The van der Waals surface area contributed by atoms with E-state index in [0.717, 1.165) is 35.9 Å². The van der Waals surface area contributed by atoms with E-state index >= 15 is 0 Å². The SMILES string of the molecule is CCN1CC(C(=O)NCc2ccc(Nc3ccc(N4CCC(C)CC4)cc3C)cc2)CC1=O. The predicted molar refractivity (Wildman–Crippen MR) is 134 cm³/mol. The maximum Gasteiger partial charge on any atom is 0.225 e. The van der Waals surface area contributed by atoms with Gasteiger partial charge in [-0.1, -0.05) is 19.1 Å². The number of hydrogen-bond acceptors (Lipinski definition) is 4. The molecule has 1 atom stereocenters. The van der Waals surface area contributed by atoms with Gasteiger partial charge in [-0.2, -0.15) is 0 Å². The molecule has 33 heavy (non-hydrogen) atoms. The molecule has 6 nitrogen and oxygen atoms in total. The molecule has 0 aromatic heterocycles. The molecule has 0 radical (unpaired) electrons. The summed E-state index contributed by atoms with van der Waals surface area (Å²) in [5.41, 5.74) is 5.71. The van der Waals surface area contributed by atoms with Gasteiger partial charge in [0.15, 0.2) is 0 Å². The van der Waals surface area contributed by atoms with Crippen molar-refractivity contribution in [2.75, 3.05) is 36.4 Å². The Morgan fingerprint density at radius 1 is 1.09 bits per heavy atom. The molecule has 2 heterocycles. The van der Waals surface area contributed by atoms with Crippen molar-refractivity contribution in [3.8, 4) is 0 Å². The van der Waals surface area contributed by atoms with Crippen LogP contribution in [0.3, 0.4) is 0 Å². The molecule has 2 aromatic rings. The van der Waals surface area contributed by atoms with Gasteiger partial charge in [0.25, 0.3) is 0 Å². The second-order valence-electron chi connectivity index (χ2n) is 9.54. The van der Waals surface area contributed by atoms with Gasteiger partial charge in [0, 0.05) is 56.2 Å². The number of carbonyl (C=O) groups excluding carboxylic acids is 2. The molecule has 2 aliphatic heterocycles. The number of carbonyl (C=O) groups is 2. The fourth-order valence-corrected chi connectivity index (χ4v) is 4.70. The van der Waals surface area contributed by atoms with Crippen LogP contribution in [0.1, 0.15) is 44.2 Å². The number of rotatable bonds is 7. The highest BCUT2D eigenvalue weighted by molar-refractivity contribution is 5.89. The van der Waals surface area contributed by atoms with E-state index in [2.05, 4.69) is 47.6 Å². The molecule has 0 saturated carbocycles. The second-order valence-corrected chi connectivity index (χ2v) is 9.54. The number of hydrogen-bond donors (Lipinski definition) is 2. The highest BCUT2D eigenvalue weighted by atomic mass is 16.2. The Hall–Kier alpha value is -3.02. The maximum absolute atomic E-state index is 12.4. The zero-order valence-corrected chi connectivity index (χ0v) is 20.1. The van der Waals surface area contributed by atoms with Gasteiger partial charge < -0.3 is 20.4 Å². The molecular formula is C27H36N4O2. The third kappa shape index (κ3) is 5.67. The number of benzene rings is 2. The Morgan fingerprint density at radius 2 is 1.82 bits per heavy atom. The summed E-state index contributed by atoms with van der Waals surface area (Å²) in [5.74, 6) is 0.623. The fourth-order valence-electron chi connectivity index (χ4n) is 4.70.